The summed E-state index contributed by atoms with van der Waals surface area (Å²) in [5, 5.41) is 12.4. The van der Waals surface area contributed by atoms with E-state index in [1.54, 1.807) is 6.92 Å². The van der Waals surface area contributed by atoms with Gasteiger partial charge in [-0.3, -0.25) is 14.6 Å². The standard InChI is InChI=1S/C39H45N3O6/c1-26-36(24-42(4)20-18-35-13-5-6-19-40-35)47-39(48-37(26)31-16-14-29(25-43)15-17-31)34-12-8-11-33(22-34)32-10-7-9-30(21-32)23-41-38(45)27(2)46-28(3)44/h5-17,19,21-22,26-27,36-37,39,43H,18,20,23-25H2,1-4H3,(H,41,45). The van der Waals surface area contributed by atoms with Gasteiger partial charge in [0.25, 0.3) is 5.91 Å². The number of ether oxygens (including phenoxy) is 3. The third-order valence-corrected chi connectivity index (χ3v) is 8.69. The molecule has 0 aliphatic carbocycles. The predicted molar refractivity (Wildman–Crippen MR) is 183 cm³/mol. The molecule has 1 aliphatic heterocycles. The van der Waals surface area contributed by atoms with Crippen LogP contribution in [0.1, 0.15) is 61.1 Å². The van der Waals surface area contributed by atoms with Crippen LogP contribution >= 0.6 is 0 Å². The first kappa shape index (κ1) is 34.9. The summed E-state index contributed by atoms with van der Waals surface area (Å²) in [5.74, 6) is -0.780. The maximum atomic E-state index is 12.4. The van der Waals surface area contributed by atoms with Gasteiger partial charge in [0.2, 0.25) is 0 Å². The quantitative estimate of drug-likeness (QED) is 0.175. The lowest BCUT2D eigenvalue weighted by Gasteiger charge is -2.42. The topological polar surface area (TPSA) is 110 Å². The molecule has 5 atom stereocenters. The fourth-order valence-corrected chi connectivity index (χ4v) is 5.94. The Morgan fingerprint density at radius 2 is 1.69 bits per heavy atom. The normalized spacial score (nSPS) is 19.9. The Morgan fingerprint density at radius 1 is 0.938 bits per heavy atom. The molecule has 3 aromatic carbocycles. The molecule has 2 N–H and O–H groups in total. The van der Waals surface area contributed by atoms with Gasteiger partial charge >= 0.3 is 5.97 Å². The van der Waals surface area contributed by atoms with Gasteiger partial charge in [-0.15, -0.1) is 0 Å². The zero-order valence-electron chi connectivity index (χ0n) is 28.0. The fraction of sp³-hybridized carbons (Fsp3) is 0.359. The zero-order chi connectivity index (χ0) is 34.0. The molecule has 0 radical (unpaired) electrons. The number of aromatic nitrogens is 1. The van der Waals surface area contributed by atoms with Crippen molar-refractivity contribution in [2.45, 2.75) is 64.9 Å². The summed E-state index contributed by atoms with van der Waals surface area (Å²) < 4.78 is 18.4. The number of likely N-dealkylation sites (N-methyl/N-ethyl adjacent to an activating group) is 1. The highest BCUT2D eigenvalue weighted by Gasteiger charge is 2.39. The van der Waals surface area contributed by atoms with Gasteiger partial charge in [0, 0.05) is 56.4 Å². The van der Waals surface area contributed by atoms with Gasteiger partial charge in [-0.05, 0) is 66.1 Å². The van der Waals surface area contributed by atoms with E-state index in [9.17, 15) is 14.7 Å². The molecule has 1 saturated heterocycles. The minimum Gasteiger partial charge on any atom is -0.453 e. The van der Waals surface area contributed by atoms with Crippen LogP contribution in [0.4, 0.5) is 0 Å². The van der Waals surface area contributed by atoms with Crippen molar-refractivity contribution < 1.29 is 28.9 Å². The number of amides is 1. The summed E-state index contributed by atoms with van der Waals surface area (Å²) in [7, 11) is 2.11. The molecular formula is C39H45N3O6. The van der Waals surface area contributed by atoms with E-state index in [2.05, 4.69) is 41.3 Å². The third-order valence-electron chi connectivity index (χ3n) is 8.69. The van der Waals surface area contributed by atoms with E-state index in [1.165, 1.54) is 6.92 Å². The molecule has 252 valence electrons. The third kappa shape index (κ3) is 9.35. The number of benzene rings is 3. The van der Waals surface area contributed by atoms with Crippen LogP contribution in [0.2, 0.25) is 0 Å². The number of pyridine rings is 1. The number of aliphatic hydroxyl groups excluding tert-OH is 1. The van der Waals surface area contributed by atoms with Gasteiger partial charge in [0.05, 0.1) is 18.8 Å². The van der Waals surface area contributed by atoms with Crippen LogP contribution in [0.5, 0.6) is 0 Å². The number of nitrogens with one attached hydrogen (secondary N) is 1. The molecule has 2 heterocycles. The predicted octanol–water partition coefficient (Wildman–Crippen LogP) is 5.77. The van der Waals surface area contributed by atoms with Crippen LogP contribution < -0.4 is 5.32 Å². The molecular weight excluding hydrogens is 606 g/mol. The highest BCUT2D eigenvalue weighted by atomic mass is 16.7. The molecule has 5 rings (SSSR count). The van der Waals surface area contributed by atoms with Gasteiger partial charge in [-0.1, -0.05) is 73.7 Å². The van der Waals surface area contributed by atoms with Gasteiger partial charge in [0.1, 0.15) is 0 Å². The molecule has 0 saturated carbocycles. The van der Waals surface area contributed by atoms with E-state index in [-0.39, 0.29) is 30.6 Å². The van der Waals surface area contributed by atoms with Crippen molar-refractivity contribution in [3.63, 3.8) is 0 Å². The van der Waals surface area contributed by atoms with Crippen molar-refractivity contribution in [2.75, 3.05) is 20.1 Å². The van der Waals surface area contributed by atoms with Crippen molar-refractivity contribution >= 4 is 11.9 Å². The summed E-state index contributed by atoms with van der Waals surface area (Å²) in [6.07, 6.45) is 0.901. The second-order valence-electron chi connectivity index (χ2n) is 12.5. The van der Waals surface area contributed by atoms with E-state index in [0.717, 1.165) is 58.6 Å². The Balaban J connectivity index is 1.34. The minimum atomic E-state index is -0.860. The number of carbonyl (C=O) groups excluding carboxylic acids is 2. The number of hydrogen-bond donors (Lipinski definition) is 2. The molecule has 9 heteroatoms. The van der Waals surface area contributed by atoms with Crippen molar-refractivity contribution in [2.24, 2.45) is 5.92 Å². The van der Waals surface area contributed by atoms with E-state index >= 15 is 0 Å². The number of carbonyl (C=O) groups is 2. The van der Waals surface area contributed by atoms with Crippen LogP contribution in [0.15, 0.2) is 97.2 Å². The maximum absolute atomic E-state index is 12.4. The summed E-state index contributed by atoms with van der Waals surface area (Å²) in [5.41, 5.74) is 6.77. The Kier molecular flexibility index (Phi) is 12.1. The molecule has 9 nitrogen and oxygen atoms in total. The molecule has 1 aromatic heterocycles. The summed E-state index contributed by atoms with van der Waals surface area (Å²) in [4.78, 5) is 30.3. The molecule has 48 heavy (non-hydrogen) atoms. The maximum Gasteiger partial charge on any atom is 0.303 e. The molecule has 1 amide bonds. The summed E-state index contributed by atoms with van der Waals surface area (Å²) >= 11 is 0. The number of aliphatic hydroxyl groups is 1. The monoisotopic (exact) mass is 651 g/mol. The number of rotatable bonds is 13. The fourth-order valence-electron chi connectivity index (χ4n) is 5.94. The van der Waals surface area contributed by atoms with Crippen LogP contribution in [-0.4, -0.2) is 59.2 Å². The van der Waals surface area contributed by atoms with Crippen molar-refractivity contribution in [1.29, 1.82) is 0 Å². The van der Waals surface area contributed by atoms with E-state index in [0.29, 0.717) is 6.54 Å². The number of esters is 1. The van der Waals surface area contributed by atoms with Crippen LogP contribution in [0.25, 0.3) is 11.1 Å². The van der Waals surface area contributed by atoms with Crippen LogP contribution in [-0.2, 0) is 43.4 Å². The van der Waals surface area contributed by atoms with E-state index in [4.69, 9.17) is 14.2 Å². The average Bonchev–Trinajstić information content (AvgIpc) is 3.11. The minimum absolute atomic E-state index is 0.00937. The van der Waals surface area contributed by atoms with Crippen molar-refractivity contribution in [1.82, 2.24) is 15.2 Å². The Hall–Kier alpha value is -4.41. The molecule has 1 fully saturated rings. The van der Waals surface area contributed by atoms with Gasteiger partial charge in [-0.2, -0.15) is 0 Å². The molecule has 0 bridgehead atoms. The highest BCUT2D eigenvalue weighted by Crippen LogP contribution is 2.42. The molecule has 5 unspecified atom stereocenters. The molecule has 0 spiro atoms. The molecule has 4 aromatic rings. The second-order valence-corrected chi connectivity index (χ2v) is 12.5. The largest absolute Gasteiger partial charge is 0.453 e. The molecule has 1 aliphatic rings. The van der Waals surface area contributed by atoms with Gasteiger partial charge < -0.3 is 29.5 Å². The first-order chi connectivity index (χ1) is 23.2. The van der Waals surface area contributed by atoms with Crippen LogP contribution in [0.3, 0.4) is 0 Å². The first-order valence-corrected chi connectivity index (χ1v) is 16.4. The Labute approximate surface area is 282 Å². The summed E-state index contributed by atoms with van der Waals surface area (Å²) in [6.45, 7) is 6.87. The Bertz CT molecular complexity index is 1650. The number of hydrogen-bond acceptors (Lipinski definition) is 8. The van der Waals surface area contributed by atoms with Crippen molar-refractivity contribution in [3.8, 4) is 11.1 Å². The van der Waals surface area contributed by atoms with Crippen LogP contribution in [0, 0.1) is 5.92 Å². The van der Waals surface area contributed by atoms with Gasteiger partial charge in [0.15, 0.2) is 12.4 Å². The number of nitrogens with zero attached hydrogens (tertiary/aromatic N) is 2. The van der Waals surface area contributed by atoms with Crippen molar-refractivity contribution in [3.05, 3.63) is 125 Å². The zero-order valence-corrected chi connectivity index (χ0v) is 28.0. The lowest BCUT2D eigenvalue weighted by atomic mass is 9.90. The van der Waals surface area contributed by atoms with E-state index < -0.39 is 18.4 Å². The SMILES string of the molecule is CC(=O)OC(C)C(=O)NCc1cccc(-c2cccc(C3OC(CN(C)CCc4ccccn4)C(C)C(c4ccc(CO)cc4)O3)c2)c1. The lowest BCUT2D eigenvalue weighted by molar-refractivity contribution is -0.275. The Morgan fingerprint density at radius 3 is 2.40 bits per heavy atom. The lowest BCUT2D eigenvalue weighted by Crippen LogP contribution is -2.43. The smallest absolute Gasteiger partial charge is 0.303 e. The first-order valence-electron chi connectivity index (χ1n) is 16.4. The van der Waals surface area contributed by atoms with Gasteiger partial charge in [-0.25, -0.2) is 0 Å². The van der Waals surface area contributed by atoms with E-state index in [1.807, 2.05) is 85.1 Å². The average molecular weight is 652 g/mol. The highest BCUT2D eigenvalue weighted by molar-refractivity contribution is 5.82. The second kappa shape index (κ2) is 16.6. The summed E-state index contributed by atoms with van der Waals surface area (Å²) in [6, 6.07) is 30.1.